The van der Waals surface area contributed by atoms with Gasteiger partial charge in [0.25, 0.3) is 16.7 Å². The number of aromatic carboxylic acids is 2. The maximum atomic E-state index is 13.3. The van der Waals surface area contributed by atoms with Gasteiger partial charge in [0.2, 0.25) is 0 Å². The van der Waals surface area contributed by atoms with Crippen LogP contribution in [0, 0.1) is 6.92 Å². The highest BCUT2D eigenvalue weighted by molar-refractivity contribution is 5.88. The first-order valence-electron chi connectivity index (χ1n) is 13.4. The number of rotatable bonds is 6. The summed E-state index contributed by atoms with van der Waals surface area (Å²) in [6.45, 7) is 3.26. The number of aliphatic hydroxyl groups is 1. The molecule has 4 heterocycles. The fourth-order valence-electron chi connectivity index (χ4n) is 5.26. The number of nitrogens with one attached hydrogen (secondary N) is 4. The Kier molecular flexibility index (Phi) is 6.85. The summed E-state index contributed by atoms with van der Waals surface area (Å²) in [7, 11) is 0. The quantitative estimate of drug-likeness (QED) is 0.141. The Bertz CT molecular complexity index is 2320. The lowest BCUT2D eigenvalue weighted by Crippen LogP contribution is -2.27. The van der Waals surface area contributed by atoms with Crippen molar-refractivity contribution in [1.82, 2.24) is 24.5 Å². The van der Waals surface area contributed by atoms with Gasteiger partial charge in [0.15, 0.2) is 6.23 Å². The predicted molar refractivity (Wildman–Crippen MR) is 164 cm³/mol. The number of aromatic amines is 3. The minimum atomic E-state index is -1.23. The van der Waals surface area contributed by atoms with Crippen LogP contribution in [0.2, 0.25) is 0 Å². The Labute approximate surface area is 251 Å². The Hall–Kier alpha value is -6.37. The summed E-state index contributed by atoms with van der Waals surface area (Å²) in [5.74, 6) is -1.93. The molecule has 0 fully saturated rings. The van der Waals surface area contributed by atoms with Crippen LogP contribution in [0.5, 0.6) is 0 Å². The number of allylic oxidation sites excluding steroid dienone is 1. The fraction of sp³-hybridized carbons (Fsp3) is 0.0968. The summed E-state index contributed by atoms with van der Waals surface area (Å²) < 4.78 is 2.42. The van der Waals surface area contributed by atoms with Gasteiger partial charge in [-0.2, -0.15) is 0 Å². The number of carboxylic acid groups (broad SMARTS) is 2. The van der Waals surface area contributed by atoms with Crippen molar-refractivity contribution < 1.29 is 24.9 Å². The molecule has 0 radical (unpaired) electrons. The molecule has 14 nitrogen and oxygen atoms in total. The number of pyridine rings is 1. The number of hydrogen-bond donors (Lipinski definition) is 7. The molecule has 0 saturated carbocycles. The summed E-state index contributed by atoms with van der Waals surface area (Å²) in [6.07, 6.45) is 1.57. The number of H-pyrrole nitrogens is 3. The van der Waals surface area contributed by atoms with E-state index in [1.54, 1.807) is 13.8 Å². The molecule has 0 aliphatic carbocycles. The first-order valence-corrected chi connectivity index (χ1v) is 13.4. The van der Waals surface area contributed by atoms with E-state index in [0.717, 1.165) is 0 Å². The highest BCUT2D eigenvalue weighted by Gasteiger charge is 2.27. The normalized spacial score (nSPS) is 14.1. The van der Waals surface area contributed by atoms with E-state index < -0.39 is 34.8 Å². The van der Waals surface area contributed by atoms with Gasteiger partial charge in [-0.05, 0) is 85.7 Å². The van der Waals surface area contributed by atoms with E-state index in [0.29, 0.717) is 28.1 Å². The monoisotopic (exact) mass is 608 g/mol. The van der Waals surface area contributed by atoms with Gasteiger partial charge in [-0.25, -0.2) is 19.0 Å². The van der Waals surface area contributed by atoms with Crippen LogP contribution in [-0.2, 0) is 0 Å². The molecule has 0 amide bonds. The molecule has 0 spiro atoms. The number of carbonyl (C=O) groups is 2. The standard InChI is InChI=1S/C31H24N6O8/c1-14-20(26(38)32-24-22(14)28(40)36(34-24)18-10-6-16(7-11-18)30(42)43)4-3-5-21-15(2)23-25(33-27(21)39)35-37(29(23)41)19-12-8-17(9-13-19)31(44)45/h4-13,26,32,34,38H,1-2H3,(H,42,43)(H,44,45)(H2,33,35,39). The summed E-state index contributed by atoms with van der Waals surface area (Å²) in [5, 5.41) is 37.9. The summed E-state index contributed by atoms with van der Waals surface area (Å²) in [4.78, 5) is 64.5. The zero-order chi connectivity index (χ0) is 32.2. The number of anilines is 1. The molecule has 7 N–H and O–H groups in total. The van der Waals surface area contributed by atoms with Gasteiger partial charge in [0, 0.05) is 5.57 Å². The number of hydrogen-bond acceptors (Lipinski definition) is 7. The molecule has 45 heavy (non-hydrogen) atoms. The average molecular weight is 609 g/mol. The van der Waals surface area contributed by atoms with Gasteiger partial charge in [-0.1, -0.05) is 0 Å². The fourth-order valence-corrected chi connectivity index (χ4v) is 5.26. The number of aryl methyl sites for hydroxylation is 1. The number of benzene rings is 2. The Morgan fingerprint density at radius 1 is 0.822 bits per heavy atom. The van der Waals surface area contributed by atoms with Gasteiger partial charge >= 0.3 is 11.9 Å². The third kappa shape index (κ3) is 4.81. The highest BCUT2D eigenvalue weighted by atomic mass is 16.4. The van der Waals surface area contributed by atoms with E-state index in [1.807, 2.05) is 0 Å². The SMILES string of the molecule is CC1=C(C=C=Cc2c(C)c3c(=O)n(-c4ccc(C(=O)O)cc4)[nH]c3[nH]c2=O)C(O)Nc2[nH]n(-c3ccc(C(=O)O)cc3)c(=O)c21. The van der Waals surface area contributed by atoms with E-state index >= 15 is 0 Å². The van der Waals surface area contributed by atoms with E-state index in [4.69, 9.17) is 10.2 Å². The van der Waals surface area contributed by atoms with Crippen LogP contribution in [0.25, 0.3) is 34.1 Å². The maximum Gasteiger partial charge on any atom is 0.335 e. The first kappa shape index (κ1) is 28.7. The number of aromatic nitrogens is 5. The van der Waals surface area contributed by atoms with Gasteiger partial charge in [0.05, 0.1) is 39.0 Å². The van der Waals surface area contributed by atoms with Crippen LogP contribution in [0.4, 0.5) is 5.82 Å². The second-order valence-electron chi connectivity index (χ2n) is 10.3. The lowest BCUT2D eigenvalue weighted by molar-refractivity contribution is 0.0686. The van der Waals surface area contributed by atoms with E-state index in [9.17, 15) is 29.1 Å². The molecule has 1 aliphatic heterocycles. The number of aliphatic hydroxyl groups excluding tert-OH is 1. The van der Waals surface area contributed by atoms with Crippen molar-refractivity contribution in [3.63, 3.8) is 0 Å². The van der Waals surface area contributed by atoms with E-state index in [-0.39, 0.29) is 39.1 Å². The third-order valence-electron chi connectivity index (χ3n) is 7.64. The second-order valence-corrected chi connectivity index (χ2v) is 10.3. The first-order chi connectivity index (χ1) is 21.5. The molecule has 6 rings (SSSR count). The Morgan fingerprint density at radius 3 is 1.93 bits per heavy atom. The number of fused-ring (bicyclic) bond motifs is 2. The topological polar surface area (TPSA) is 215 Å². The number of carboxylic acids is 2. The zero-order valence-electron chi connectivity index (χ0n) is 23.6. The molecule has 14 heteroatoms. The van der Waals surface area contributed by atoms with Gasteiger partial charge in [0.1, 0.15) is 11.5 Å². The summed E-state index contributed by atoms with van der Waals surface area (Å²) >= 11 is 0. The second kappa shape index (κ2) is 10.7. The van der Waals surface area contributed by atoms with Crippen molar-refractivity contribution in [2.75, 3.05) is 5.32 Å². The summed E-state index contributed by atoms with van der Waals surface area (Å²) in [5.41, 5.74) is 4.10. The molecule has 1 atom stereocenters. The average Bonchev–Trinajstić information content (AvgIpc) is 3.52. The molecule has 1 aliphatic rings. The molecule has 226 valence electrons. The minimum absolute atomic E-state index is 0.0565. The van der Waals surface area contributed by atoms with E-state index in [1.165, 1.54) is 70.0 Å². The molecule has 5 aromatic rings. The lowest BCUT2D eigenvalue weighted by atomic mass is 9.98. The largest absolute Gasteiger partial charge is 0.478 e. The van der Waals surface area contributed by atoms with Crippen LogP contribution in [0.1, 0.15) is 44.3 Å². The van der Waals surface area contributed by atoms with Crippen LogP contribution in [0.15, 0.2) is 80.3 Å². The van der Waals surface area contributed by atoms with Gasteiger partial charge in [-0.15, -0.1) is 5.73 Å². The van der Waals surface area contributed by atoms with Crippen LogP contribution < -0.4 is 22.0 Å². The van der Waals surface area contributed by atoms with Crippen molar-refractivity contribution >= 4 is 40.4 Å². The highest BCUT2D eigenvalue weighted by Crippen LogP contribution is 2.30. The molecular weight excluding hydrogens is 584 g/mol. The van der Waals surface area contributed by atoms with Crippen molar-refractivity contribution in [3.05, 3.63) is 125 Å². The smallest absolute Gasteiger partial charge is 0.335 e. The zero-order valence-corrected chi connectivity index (χ0v) is 23.6. The van der Waals surface area contributed by atoms with Gasteiger partial charge in [-0.3, -0.25) is 24.6 Å². The van der Waals surface area contributed by atoms with Crippen molar-refractivity contribution in [2.24, 2.45) is 0 Å². The van der Waals surface area contributed by atoms with Crippen LogP contribution in [0.3, 0.4) is 0 Å². The molecule has 0 saturated heterocycles. The molecule has 3 aromatic heterocycles. The number of nitrogens with zero attached hydrogens (tertiary/aromatic N) is 2. The van der Waals surface area contributed by atoms with Crippen molar-refractivity contribution in [3.8, 4) is 11.4 Å². The molecular formula is C31H24N6O8. The van der Waals surface area contributed by atoms with Crippen molar-refractivity contribution in [2.45, 2.75) is 20.1 Å². The third-order valence-corrected chi connectivity index (χ3v) is 7.64. The van der Waals surface area contributed by atoms with Crippen LogP contribution >= 0.6 is 0 Å². The van der Waals surface area contributed by atoms with Crippen LogP contribution in [-0.4, -0.2) is 58.0 Å². The summed E-state index contributed by atoms with van der Waals surface area (Å²) in [6, 6.07) is 11.4. The Morgan fingerprint density at radius 2 is 1.38 bits per heavy atom. The minimum Gasteiger partial charge on any atom is -0.478 e. The van der Waals surface area contributed by atoms with Gasteiger partial charge < -0.3 is 25.6 Å². The lowest BCUT2D eigenvalue weighted by Gasteiger charge is -2.22. The Balaban J connectivity index is 1.37. The predicted octanol–water partition coefficient (Wildman–Crippen LogP) is 2.58. The maximum absolute atomic E-state index is 13.3. The van der Waals surface area contributed by atoms with E-state index in [2.05, 4.69) is 26.2 Å². The molecule has 2 aromatic carbocycles. The van der Waals surface area contributed by atoms with Crippen molar-refractivity contribution in [1.29, 1.82) is 0 Å². The molecule has 1 unspecified atom stereocenters. The molecule has 0 bridgehead atoms.